The van der Waals surface area contributed by atoms with E-state index < -0.39 is 28.7 Å². The van der Waals surface area contributed by atoms with Crippen molar-refractivity contribution < 1.29 is 14.7 Å². The summed E-state index contributed by atoms with van der Waals surface area (Å²) in [6, 6.07) is 7.85. The number of thiol groups is 1. The van der Waals surface area contributed by atoms with E-state index in [1.165, 1.54) is 0 Å². The van der Waals surface area contributed by atoms with Crippen molar-refractivity contribution in [2.24, 2.45) is 5.73 Å². The molecule has 1 unspecified atom stereocenters. The minimum absolute atomic E-state index is 0.454. The van der Waals surface area contributed by atoms with Gasteiger partial charge in [-0.2, -0.15) is 12.6 Å². The lowest BCUT2D eigenvalue weighted by Crippen LogP contribution is -2.55. The highest BCUT2D eigenvalue weighted by molar-refractivity contribution is 7.81. The first-order chi connectivity index (χ1) is 9.71. The monoisotopic (exact) mass is 310 g/mol. The Hall–Kier alpha value is -1.53. The summed E-state index contributed by atoms with van der Waals surface area (Å²) in [6.07, 6.45) is 1.12. The number of aryl methyl sites for hydroxylation is 1. The number of rotatable bonds is 7. The molecule has 0 heterocycles. The molecule has 2 atom stereocenters. The topological polar surface area (TPSA) is 92.4 Å². The molecule has 0 aliphatic carbocycles. The van der Waals surface area contributed by atoms with Gasteiger partial charge in [0.15, 0.2) is 0 Å². The normalized spacial score (nSPS) is 14.3. The zero-order chi connectivity index (χ0) is 16.0. The minimum Gasteiger partial charge on any atom is -0.480 e. The molecule has 1 aromatic rings. The average Bonchev–Trinajstić information content (AvgIpc) is 2.41. The van der Waals surface area contributed by atoms with Crippen molar-refractivity contribution >= 4 is 24.5 Å². The van der Waals surface area contributed by atoms with Crippen molar-refractivity contribution in [1.82, 2.24) is 5.32 Å². The van der Waals surface area contributed by atoms with Crippen LogP contribution in [-0.4, -0.2) is 33.8 Å². The van der Waals surface area contributed by atoms with Crippen LogP contribution in [0.4, 0.5) is 0 Å². The van der Waals surface area contributed by atoms with Crippen LogP contribution < -0.4 is 11.1 Å². The highest BCUT2D eigenvalue weighted by atomic mass is 32.1. The van der Waals surface area contributed by atoms with Gasteiger partial charge in [0.2, 0.25) is 5.91 Å². The van der Waals surface area contributed by atoms with Crippen molar-refractivity contribution in [3.63, 3.8) is 0 Å². The van der Waals surface area contributed by atoms with E-state index in [1.54, 1.807) is 13.8 Å². The second-order valence-electron chi connectivity index (χ2n) is 5.56. The van der Waals surface area contributed by atoms with Gasteiger partial charge >= 0.3 is 5.97 Å². The summed E-state index contributed by atoms with van der Waals surface area (Å²) in [4.78, 5) is 23.2. The van der Waals surface area contributed by atoms with E-state index in [9.17, 15) is 9.59 Å². The van der Waals surface area contributed by atoms with Crippen LogP contribution in [0.1, 0.15) is 25.8 Å². The van der Waals surface area contributed by atoms with E-state index in [0.717, 1.165) is 5.56 Å². The third-order valence-electron chi connectivity index (χ3n) is 3.16. The van der Waals surface area contributed by atoms with E-state index >= 15 is 0 Å². The van der Waals surface area contributed by atoms with Gasteiger partial charge in [-0.05, 0) is 32.3 Å². The van der Waals surface area contributed by atoms with Crippen LogP contribution >= 0.6 is 12.6 Å². The summed E-state index contributed by atoms with van der Waals surface area (Å²) in [6.45, 7) is 3.26. The zero-order valence-corrected chi connectivity index (χ0v) is 13.1. The number of amides is 1. The van der Waals surface area contributed by atoms with Crippen molar-refractivity contribution in [3.8, 4) is 0 Å². The molecule has 1 rings (SSSR count). The van der Waals surface area contributed by atoms with Crippen molar-refractivity contribution in [1.29, 1.82) is 0 Å². The minimum atomic E-state index is -1.13. The van der Waals surface area contributed by atoms with E-state index in [2.05, 4.69) is 17.9 Å². The predicted molar refractivity (Wildman–Crippen MR) is 85.4 cm³/mol. The van der Waals surface area contributed by atoms with Crippen LogP contribution in [0.3, 0.4) is 0 Å². The molecule has 0 fully saturated rings. The molecule has 6 heteroatoms. The highest BCUT2D eigenvalue weighted by Crippen LogP contribution is 2.18. The predicted octanol–water partition coefficient (Wildman–Crippen LogP) is 1.22. The summed E-state index contributed by atoms with van der Waals surface area (Å²) < 4.78 is -0.874. The molecular weight excluding hydrogens is 288 g/mol. The fourth-order valence-corrected chi connectivity index (χ4v) is 2.06. The summed E-state index contributed by atoms with van der Waals surface area (Å²) in [5.74, 6) is -1.60. The zero-order valence-electron chi connectivity index (χ0n) is 12.2. The Morgan fingerprint density at radius 3 is 2.38 bits per heavy atom. The summed E-state index contributed by atoms with van der Waals surface area (Å²) >= 11 is 4.21. The maximum atomic E-state index is 12.0. The van der Waals surface area contributed by atoms with Gasteiger partial charge in [-0.15, -0.1) is 0 Å². The Morgan fingerprint density at radius 1 is 1.33 bits per heavy atom. The first-order valence-corrected chi connectivity index (χ1v) is 7.21. The molecule has 0 bridgehead atoms. The van der Waals surface area contributed by atoms with Crippen LogP contribution in [0, 0.1) is 0 Å². The average molecular weight is 310 g/mol. The molecule has 0 radical (unpaired) electrons. The molecule has 0 spiro atoms. The second-order valence-corrected chi connectivity index (χ2v) is 6.72. The molecule has 116 valence electrons. The molecule has 21 heavy (non-hydrogen) atoms. The van der Waals surface area contributed by atoms with Crippen LogP contribution in [0.5, 0.6) is 0 Å². The molecular formula is C15H22N2O3S. The lowest BCUT2D eigenvalue weighted by molar-refractivity contribution is -0.142. The molecule has 1 aromatic carbocycles. The Kier molecular flexibility index (Phi) is 6.23. The number of hydrogen-bond acceptors (Lipinski definition) is 4. The van der Waals surface area contributed by atoms with E-state index in [0.29, 0.717) is 12.8 Å². The number of carbonyl (C=O) groups excluding carboxylic acids is 1. The van der Waals surface area contributed by atoms with Gasteiger partial charge in [-0.3, -0.25) is 4.79 Å². The van der Waals surface area contributed by atoms with Gasteiger partial charge in [-0.25, -0.2) is 4.79 Å². The van der Waals surface area contributed by atoms with Crippen LogP contribution in [0.25, 0.3) is 0 Å². The number of hydrogen-bond donors (Lipinski definition) is 4. The number of aliphatic carboxylic acids is 1. The van der Waals surface area contributed by atoms with Gasteiger partial charge in [0.1, 0.15) is 6.04 Å². The van der Waals surface area contributed by atoms with E-state index in [1.807, 2.05) is 30.3 Å². The number of carboxylic acids is 1. The molecule has 4 N–H and O–H groups in total. The third-order valence-corrected chi connectivity index (χ3v) is 3.42. The second kappa shape index (κ2) is 7.47. The highest BCUT2D eigenvalue weighted by Gasteiger charge is 2.34. The number of nitrogens with one attached hydrogen (secondary N) is 1. The fraction of sp³-hybridized carbons (Fsp3) is 0.467. The van der Waals surface area contributed by atoms with Crippen LogP contribution in [0.2, 0.25) is 0 Å². The first-order valence-electron chi connectivity index (χ1n) is 6.77. The molecule has 0 saturated carbocycles. The molecule has 1 amide bonds. The summed E-state index contributed by atoms with van der Waals surface area (Å²) in [7, 11) is 0. The summed E-state index contributed by atoms with van der Waals surface area (Å²) in [5, 5.41) is 11.6. The number of carboxylic acid groups (broad SMARTS) is 1. The van der Waals surface area contributed by atoms with E-state index in [-0.39, 0.29) is 0 Å². The Bertz CT molecular complexity index is 485. The van der Waals surface area contributed by atoms with Gasteiger partial charge in [0.25, 0.3) is 0 Å². The van der Waals surface area contributed by atoms with E-state index in [4.69, 9.17) is 10.8 Å². The maximum absolute atomic E-state index is 12.0. The van der Waals surface area contributed by atoms with Gasteiger partial charge < -0.3 is 16.2 Å². The molecule has 5 nitrogen and oxygen atoms in total. The first kappa shape index (κ1) is 17.5. The molecule has 0 aliphatic rings. The molecule has 0 aliphatic heterocycles. The Labute approximate surface area is 130 Å². The Morgan fingerprint density at radius 2 is 1.90 bits per heavy atom. The lowest BCUT2D eigenvalue weighted by atomic mass is 10.0. The van der Waals surface area contributed by atoms with Crippen molar-refractivity contribution in [3.05, 3.63) is 35.9 Å². The largest absolute Gasteiger partial charge is 0.480 e. The van der Waals surface area contributed by atoms with Crippen molar-refractivity contribution in [2.45, 2.75) is 43.5 Å². The lowest BCUT2D eigenvalue weighted by Gasteiger charge is -2.28. The summed E-state index contributed by atoms with van der Waals surface area (Å²) in [5.41, 5.74) is 6.91. The van der Waals surface area contributed by atoms with Gasteiger partial charge in [0.05, 0.1) is 6.04 Å². The quantitative estimate of drug-likeness (QED) is 0.570. The van der Waals surface area contributed by atoms with Crippen LogP contribution in [0.15, 0.2) is 30.3 Å². The van der Waals surface area contributed by atoms with Gasteiger partial charge in [-0.1, -0.05) is 30.3 Å². The molecule has 0 saturated heterocycles. The number of nitrogens with two attached hydrogens (primary N) is 1. The smallest absolute Gasteiger partial charge is 0.327 e. The van der Waals surface area contributed by atoms with Crippen molar-refractivity contribution in [2.75, 3.05) is 0 Å². The maximum Gasteiger partial charge on any atom is 0.327 e. The van der Waals surface area contributed by atoms with Crippen LogP contribution in [-0.2, 0) is 16.0 Å². The fourth-order valence-electron chi connectivity index (χ4n) is 1.89. The third kappa shape index (κ3) is 5.77. The molecule has 0 aromatic heterocycles. The SMILES string of the molecule is CC(C)(S)[C@@H](NC(=O)C(N)CCc1ccccc1)C(=O)O. The van der Waals surface area contributed by atoms with Gasteiger partial charge in [0, 0.05) is 4.75 Å². The Balaban J connectivity index is 2.56. The standard InChI is InChI=1S/C15H22N2O3S/c1-15(2,21)12(14(19)20)17-13(18)11(16)9-8-10-6-4-3-5-7-10/h3-7,11-12,21H,8-9,16H2,1-2H3,(H,17,18)(H,19,20)/t11?,12-/m0/s1. The number of carbonyl (C=O) groups is 2. The number of benzene rings is 1.